The van der Waals surface area contributed by atoms with Crippen molar-refractivity contribution in [3.63, 3.8) is 0 Å². The van der Waals surface area contributed by atoms with Crippen LogP contribution in [0.4, 0.5) is 10.6 Å². The van der Waals surface area contributed by atoms with Crippen LogP contribution in [0.3, 0.4) is 0 Å². The van der Waals surface area contributed by atoms with Crippen LogP contribution in [0, 0.1) is 17.3 Å². The van der Waals surface area contributed by atoms with Crippen molar-refractivity contribution in [3.05, 3.63) is 77.6 Å². The quantitative estimate of drug-likeness (QED) is 0.463. The summed E-state index contributed by atoms with van der Waals surface area (Å²) in [5.41, 5.74) is 2.02. The molecule has 0 aliphatic carbocycles. The van der Waals surface area contributed by atoms with Crippen molar-refractivity contribution in [2.45, 2.75) is 38.8 Å². The van der Waals surface area contributed by atoms with E-state index in [1.165, 1.54) is 6.42 Å². The van der Waals surface area contributed by atoms with Crippen molar-refractivity contribution in [1.82, 2.24) is 25.6 Å². The van der Waals surface area contributed by atoms with Gasteiger partial charge in [-0.25, -0.2) is 4.79 Å². The van der Waals surface area contributed by atoms with Crippen molar-refractivity contribution >= 4 is 11.8 Å². The third-order valence-electron chi connectivity index (χ3n) is 7.62. The van der Waals surface area contributed by atoms with E-state index in [9.17, 15) is 4.79 Å². The van der Waals surface area contributed by atoms with Crippen LogP contribution in [0.5, 0.6) is 5.75 Å². The number of carbonyl (C=O) groups is 1. The monoisotopic (exact) mass is 556 g/mol. The summed E-state index contributed by atoms with van der Waals surface area (Å²) in [6, 6.07) is 9.21. The molecule has 10 nitrogen and oxygen atoms in total. The van der Waals surface area contributed by atoms with Crippen LogP contribution in [0.25, 0.3) is 0 Å². The highest BCUT2D eigenvalue weighted by molar-refractivity contribution is 5.89. The standard InChI is InChI=1S/C31H36N6O4/c1-30(2,3)25-17-26(35-41-25)33-29(38)34-27-18-37-12-10-23(16-28(37)32-27)5-4-22-6-8-24(9-7-22)40-15-14-36-13-11-31(19-36)20-39-21-31/h6-10,12,16-18,28,32H,11,13-15,19-21H2,1-3H3,(H2,33,34,35,38). The summed E-state index contributed by atoms with van der Waals surface area (Å²) in [4.78, 5) is 16.9. The zero-order chi connectivity index (χ0) is 28.5. The predicted molar refractivity (Wildman–Crippen MR) is 155 cm³/mol. The van der Waals surface area contributed by atoms with Gasteiger partial charge in [-0.2, -0.15) is 0 Å². The van der Waals surface area contributed by atoms with Crippen molar-refractivity contribution in [2.24, 2.45) is 5.41 Å². The maximum atomic E-state index is 12.5. The summed E-state index contributed by atoms with van der Waals surface area (Å²) in [6.45, 7) is 11.7. The minimum Gasteiger partial charge on any atom is -0.492 e. The lowest BCUT2D eigenvalue weighted by atomic mass is 9.85. The summed E-state index contributed by atoms with van der Waals surface area (Å²) >= 11 is 0. The number of likely N-dealkylation sites (tertiary alicyclic amines) is 1. The lowest BCUT2D eigenvalue weighted by Gasteiger charge is -2.37. The lowest BCUT2D eigenvalue weighted by Crippen LogP contribution is -2.44. The highest BCUT2D eigenvalue weighted by atomic mass is 16.5. The molecule has 6 rings (SSSR count). The summed E-state index contributed by atoms with van der Waals surface area (Å²) in [5, 5.41) is 12.7. The summed E-state index contributed by atoms with van der Waals surface area (Å²) in [5.74, 6) is 8.93. The second-order valence-corrected chi connectivity index (χ2v) is 12.1. The van der Waals surface area contributed by atoms with Gasteiger partial charge >= 0.3 is 6.03 Å². The topological polar surface area (TPSA) is 104 Å². The number of rotatable bonds is 6. The van der Waals surface area contributed by atoms with E-state index >= 15 is 0 Å². The van der Waals surface area contributed by atoms with Crippen LogP contribution in [0.1, 0.15) is 38.5 Å². The first-order valence-corrected chi connectivity index (χ1v) is 14.0. The second-order valence-electron chi connectivity index (χ2n) is 12.1. The number of amides is 2. The highest BCUT2D eigenvalue weighted by Crippen LogP contribution is 2.37. The Bertz CT molecular complexity index is 1440. The number of carbonyl (C=O) groups excluding carboxylic acids is 1. The number of allylic oxidation sites excluding steroid dienone is 2. The van der Waals surface area contributed by atoms with Gasteiger partial charge in [0.2, 0.25) is 0 Å². The van der Waals surface area contributed by atoms with Crippen LogP contribution < -0.4 is 20.7 Å². The second kappa shape index (κ2) is 11.0. The zero-order valence-corrected chi connectivity index (χ0v) is 23.7. The van der Waals surface area contributed by atoms with Gasteiger partial charge < -0.3 is 24.2 Å². The number of urea groups is 1. The molecule has 4 aliphatic heterocycles. The van der Waals surface area contributed by atoms with E-state index in [2.05, 4.69) is 37.8 Å². The molecule has 0 bridgehead atoms. The first kappa shape index (κ1) is 27.0. The number of nitrogens with one attached hydrogen (secondary N) is 3. The maximum Gasteiger partial charge on any atom is 0.326 e. The van der Waals surface area contributed by atoms with E-state index in [-0.39, 0.29) is 11.6 Å². The molecular weight excluding hydrogens is 520 g/mol. The molecule has 2 fully saturated rings. The normalized spacial score (nSPS) is 20.8. The van der Waals surface area contributed by atoms with E-state index < -0.39 is 6.03 Å². The highest BCUT2D eigenvalue weighted by Gasteiger charge is 2.44. The van der Waals surface area contributed by atoms with Crippen molar-refractivity contribution in [2.75, 3.05) is 44.8 Å². The average Bonchev–Trinajstić information content (AvgIpc) is 3.66. The summed E-state index contributed by atoms with van der Waals surface area (Å²) in [7, 11) is 0. The molecule has 2 aromatic rings. The first-order chi connectivity index (χ1) is 19.7. The van der Waals surface area contributed by atoms with E-state index in [0.717, 1.165) is 49.7 Å². The Balaban J connectivity index is 0.955. The van der Waals surface area contributed by atoms with Crippen LogP contribution in [-0.2, 0) is 10.2 Å². The molecule has 0 saturated carbocycles. The molecule has 2 saturated heterocycles. The van der Waals surface area contributed by atoms with Gasteiger partial charge in [-0.05, 0) is 49.4 Å². The predicted octanol–water partition coefficient (Wildman–Crippen LogP) is 3.73. The Morgan fingerprint density at radius 2 is 2.05 bits per heavy atom. The van der Waals surface area contributed by atoms with Gasteiger partial charge in [-0.1, -0.05) is 37.8 Å². The minimum atomic E-state index is -0.411. The van der Waals surface area contributed by atoms with Gasteiger partial charge in [0.25, 0.3) is 0 Å². The van der Waals surface area contributed by atoms with Crippen molar-refractivity contribution in [1.29, 1.82) is 0 Å². The molecular formula is C31H36N6O4. The molecule has 5 heterocycles. The number of ether oxygens (including phenoxy) is 2. The smallest absolute Gasteiger partial charge is 0.326 e. The third-order valence-corrected chi connectivity index (χ3v) is 7.62. The molecule has 1 spiro atoms. The lowest BCUT2D eigenvalue weighted by molar-refractivity contribution is -0.105. The van der Waals surface area contributed by atoms with Crippen LogP contribution in [0.15, 0.2) is 70.8 Å². The molecule has 214 valence electrons. The number of fused-ring (bicyclic) bond motifs is 1. The maximum absolute atomic E-state index is 12.5. The number of aromatic nitrogens is 1. The molecule has 10 heteroatoms. The third kappa shape index (κ3) is 6.42. The molecule has 1 unspecified atom stereocenters. The van der Waals surface area contributed by atoms with E-state index in [4.69, 9.17) is 14.0 Å². The Hall–Kier alpha value is -4.20. The average molecular weight is 557 g/mol. The van der Waals surface area contributed by atoms with Gasteiger partial charge in [-0.15, -0.1) is 0 Å². The number of nitrogens with zero attached hydrogens (tertiary/aromatic N) is 3. The molecule has 1 aromatic carbocycles. The number of anilines is 1. The van der Waals surface area contributed by atoms with E-state index in [1.807, 2.05) is 74.5 Å². The molecule has 3 N–H and O–H groups in total. The van der Waals surface area contributed by atoms with Gasteiger partial charge in [0, 0.05) is 53.5 Å². The molecule has 1 aromatic heterocycles. The Kier molecular flexibility index (Phi) is 7.24. The fourth-order valence-electron chi connectivity index (χ4n) is 5.18. The number of hydrogen-bond acceptors (Lipinski definition) is 8. The van der Waals surface area contributed by atoms with Gasteiger partial charge in [0.15, 0.2) is 5.82 Å². The molecule has 2 amide bonds. The fourth-order valence-corrected chi connectivity index (χ4v) is 5.18. The SMILES string of the molecule is CC(C)(C)c1cc(NC(=O)NC2=CN3C=CC(C#Cc4ccc(OCCN5CCC6(COC6)C5)cc4)=CC3N2)no1. The van der Waals surface area contributed by atoms with Crippen LogP contribution in [-0.4, -0.2) is 66.6 Å². The Morgan fingerprint density at radius 3 is 2.76 bits per heavy atom. The van der Waals surface area contributed by atoms with Crippen molar-refractivity contribution < 1.29 is 18.8 Å². The van der Waals surface area contributed by atoms with Crippen molar-refractivity contribution in [3.8, 4) is 17.6 Å². The van der Waals surface area contributed by atoms with Gasteiger partial charge in [0.05, 0.1) is 13.2 Å². The number of benzene rings is 1. The minimum absolute atomic E-state index is 0.141. The molecule has 1 atom stereocenters. The Morgan fingerprint density at radius 1 is 1.22 bits per heavy atom. The van der Waals surface area contributed by atoms with Gasteiger partial charge in [0.1, 0.15) is 30.1 Å². The largest absolute Gasteiger partial charge is 0.492 e. The first-order valence-electron chi connectivity index (χ1n) is 14.0. The summed E-state index contributed by atoms with van der Waals surface area (Å²) in [6.07, 6.45) is 8.81. The molecule has 0 radical (unpaired) electrons. The van der Waals surface area contributed by atoms with Crippen LogP contribution in [0.2, 0.25) is 0 Å². The fraction of sp³-hybridized carbons (Fsp3) is 0.419. The molecule has 41 heavy (non-hydrogen) atoms. The number of hydrogen-bond donors (Lipinski definition) is 3. The Labute approximate surface area is 240 Å². The summed E-state index contributed by atoms with van der Waals surface area (Å²) < 4.78 is 16.7. The van der Waals surface area contributed by atoms with E-state index in [0.29, 0.717) is 29.4 Å². The van der Waals surface area contributed by atoms with Gasteiger partial charge in [-0.3, -0.25) is 15.5 Å². The van der Waals surface area contributed by atoms with E-state index in [1.54, 1.807) is 6.07 Å². The van der Waals surface area contributed by atoms with Crippen LogP contribution >= 0.6 is 0 Å². The zero-order valence-electron chi connectivity index (χ0n) is 23.7. The molecule has 4 aliphatic rings.